The third kappa shape index (κ3) is 3.27. The molecule has 6 rings (SSSR count). The van der Waals surface area contributed by atoms with Crippen molar-refractivity contribution in [3.8, 4) is 11.5 Å². The maximum atomic E-state index is 13.4. The molecule has 2 unspecified atom stereocenters. The molecule has 3 aromatic rings. The Kier molecular flexibility index (Phi) is 4.89. The molecule has 0 radical (unpaired) electrons. The van der Waals surface area contributed by atoms with Gasteiger partial charge in [-0.2, -0.15) is 8.78 Å². The maximum Gasteiger partial charge on any atom is 0.314 e. The topological polar surface area (TPSA) is 92.4 Å². The highest BCUT2D eigenvalue weighted by atomic mass is 19.3. The second kappa shape index (κ2) is 7.96. The molecule has 2 aromatic heterocycles. The van der Waals surface area contributed by atoms with E-state index in [-0.39, 0.29) is 29.8 Å². The summed E-state index contributed by atoms with van der Waals surface area (Å²) >= 11 is 0. The molecule has 2 amide bonds. The van der Waals surface area contributed by atoms with Gasteiger partial charge in [-0.1, -0.05) is 31.0 Å². The van der Waals surface area contributed by atoms with Crippen molar-refractivity contribution >= 4 is 11.8 Å². The fraction of sp³-hybridized carbons (Fsp3) is 0.375. The second-order valence-electron chi connectivity index (χ2n) is 8.91. The number of hydrogen-bond donors (Lipinski definition) is 0. The van der Waals surface area contributed by atoms with Crippen LogP contribution >= 0.6 is 0 Å². The van der Waals surface area contributed by atoms with Gasteiger partial charge in [0.05, 0.1) is 35.4 Å². The molecule has 1 aliphatic carbocycles. The lowest BCUT2D eigenvalue weighted by molar-refractivity contribution is 0.0322. The summed E-state index contributed by atoms with van der Waals surface area (Å²) in [4.78, 5) is 34.7. The molecular formula is C24H21F2N5O3. The number of benzene rings is 1. The van der Waals surface area contributed by atoms with Crippen molar-refractivity contribution in [2.45, 2.75) is 57.3 Å². The molecule has 0 spiro atoms. The standard InChI is InChI=1S/C24H21F2N5O3/c25-20(26)22-29-28-21(34-22)14-9-16-17(27-10-14)12-31(24(16)33)19-8-4-3-7-18(19)30-11-13-5-1-2-6-15(13)23(30)32/h1-2,5-6,9-10,18-20H,3-4,7-8,11-12H2. The van der Waals surface area contributed by atoms with E-state index < -0.39 is 12.3 Å². The van der Waals surface area contributed by atoms with Gasteiger partial charge in [-0.15, -0.1) is 10.2 Å². The maximum absolute atomic E-state index is 13.4. The normalized spacial score (nSPS) is 22.0. The summed E-state index contributed by atoms with van der Waals surface area (Å²) < 4.78 is 30.6. The minimum atomic E-state index is -2.87. The predicted molar refractivity (Wildman–Crippen MR) is 115 cm³/mol. The van der Waals surface area contributed by atoms with Gasteiger partial charge in [0.1, 0.15) is 0 Å². The Bertz CT molecular complexity index is 1290. The van der Waals surface area contributed by atoms with Crippen LogP contribution in [0.25, 0.3) is 11.5 Å². The van der Waals surface area contributed by atoms with E-state index in [1.165, 1.54) is 6.20 Å². The van der Waals surface area contributed by atoms with Crippen LogP contribution in [-0.4, -0.2) is 48.9 Å². The summed E-state index contributed by atoms with van der Waals surface area (Å²) in [6.45, 7) is 0.897. The molecule has 2 atom stereocenters. The molecule has 8 nitrogen and oxygen atoms in total. The van der Waals surface area contributed by atoms with Gasteiger partial charge in [0.25, 0.3) is 17.7 Å². The van der Waals surface area contributed by atoms with Crippen LogP contribution in [0.5, 0.6) is 0 Å². The Labute approximate surface area is 193 Å². The van der Waals surface area contributed by atoms with Crippen molar-refractivity contribution in [3.05, 3.63) is 64.8 Å². The first kappa shape index (κ1) is 20.9. The molecule has 34 heavy (non-hydrogen) atoms. The number of pyridine rings is 1. The van der Waals surface area contributed by atoms with E-state index in [4.69, 9.17) is 4.42 Å². The lowest BCUT2D eigenvalue weighted by Crippen LogP contribution is -2.53. The smallest absolute Gasteiger partial charge is 0.314 e. The molecule has 4 heterocycles. The first-order valence-electron chi connectivity index (χ1n) is 11.3. The predicted octanol–water partition coefficient (Wildman–Crippen LogP) is 3.99. The average molecular weight is 465 g/mol. The SMILES string of the molecule is O=C1c2ccccc2CN1C1CCCCC1N1Cc2ncc(-c3nnc(C(F)F)o3)cc2C1=O. The van der Waals surface area contributed by atoms with Crippen LogP contribution in [-0.2, 0) is 13.1 Å². The zero-order chi connectivity index (χ0) is 23.4. The van der Waals surface area contributed by atoms with Crippen molar-refractivity contribution < 1.29 is 22.8 Å². The summed E-state index contributed by atoms with van der Waals surface area (Å²) in [6, 6.07) is 9.02. The van der Waals surface area contributed by atoms with E-state index in [0.717, 1.165) is 36.8 Å². The van der Waals surface area contributed by atoms with Crippen LogP contribution in [0.2, 0.25) is 0 Å². The number of rotatable bonds is 4. The summed E-state index contributed by atoms with van der Waals surface area (Å²) in [5.74, 6) is -1.04. The van der Waals surface area contributed by atoms with Crippen LogP contribution in [0.4, 0.5) is 8.78 Å². The first-order chi connectivity index (χ1) is 16.5. The van der Waals surface area contributed by atoms with Gasteiger partial charge in [0.15, 0.2) is 0 Å². The second-order valence-corrected chi connectivity index (χ2v) is 8.91. The van der Waals surface area contributed by atoms with E-state index in [9.17, 15) is 18.4 Å². The molecule has 2 aliphatic heterocycles. The highest BCUT2D eigenvalue weighted by Gasteiger charge is 2.44. The Hall–Kier alpha value is -3.69. The van der Waals surface area contributed by atoms with E-state index in [0.29, 0.717) is 29.9 Å². The molecule has 0 bridgehead atoms. The Balaban J connectivity index is 1.27. The summed E-state index contributed by atoms with van der Waals surface area (Å²) in [5.41, 5.74) is 3.08. The van der Waals surface area contributed by atoms with Gasteiger partial charge in [-0.3, -0.25) is 14.6 Å². The molecule has 1 saturated carbocycles. The zero-order valence-corrected chi connectivity index (χ0v) is 18.2. The number of carbonyl (C=O) groups excluding carboxylic acids is 2. The number of amides is 2. The Morgan fingerprint density at radius 1 is 0.941 bits per heavy atom. The van der Waals surface area contributed by atoms with Gasteiger partial charge < -0.3 is 14.2 Å². The molecule has 0 N–H and O–H groups in total. The van der Waals surface area contributed by atoms with Gasteiger partial charge in [-0.05, 0) is 30.5 Å². The molecule has 1 fully saturated rings. The van der Waals surface area contributed by atoms with Crippen LogP contribution in [0.3, 0.4) is 0 Å². The molecule has 10 heteroatoms. The van der Waals surface area contributed by atoms with Gasteiger partial charge in [0, 0.05) is 18.3 Å². The van der Waals surface area contributed by atoms with Crippen LogP contribution in [0, 0.1) is 0 Å². The first-order valence-corrected chi connectivity index (χ1v) is 11.3. The quantitative estimate of drug-likeness (QED) is 0.579. The molecule has 3 aliphatic rings. The molecule has 1 aromatic carbocycles. The van der Waals surface area contributed by atoms with Gasteiger partial charge in [0.2, 0.25) is 5.89 Å². The van der Waals surface area contributed by atoms with Crippen LogP contribution in [0.15, 0.2) is 40.9 Å². The van der Waals surface area contributed by atoms with Crippen molar-refractivity contribution in [2.24, 2.45) is 0 Å². The number of fused-ring (bicyclic) bond motifs is 2. The van der Waals surface area contributed by atoms with Crippen molar-refractivity contribution in [3.63, 3.8) is 0 Å². The highest BCUT2D eigenvalue weighted by Crippen LogP contribution is 2.37. The number of carbonyl (C=O) groups is 2. The van der Waals surface area contributed by atoms with E-state index >= 15 is 0 Å². The Morgan fingerprint density at radius 2 is 1.65 bits per heavy atom. The number of hydrogen-bond acceptors (Lipinski definition) is 6. The van der Waals surface area contributed by atoms with E-state index in [1.807, 2.05) is 29.2 Å². The number of nitrogens with zero attached hydrogens (tertiary/aromatic N) is 5. The zero-order valence-electron chi connectivity index (χ0n) is 18.2. The van der Waals surface area contributed by atoms with Crippen LogP contribution < -0.4 is 0 Å². The van der Waals surface area contributed by atoms with Crippen molar-refractivity contribution in [1.29, 1.82) is 0 Å². The minimum Gasteiger partial charge on any atom is -0.415 e. The summed E-state index contributed by atoms with van der Waals surface area (Å²) in [6.07, 6.45) is 2.20. The third-order valence-electron chi connectivity index (χ3n) is 7.00. The fourth-order valence-corrected chi connectivity index (χ4v) is 5.38. The van der Waals surface area contributed by atoms with Gasteiger partial charge in [-0.25, -0.2) is 0 Å². The number of halogens is 2. The highest BCUT2D eigenvalue weighted by molar-refractivity contribution is 6.00. The number of alkyl halides is 2. The minimum absolute atomic E-state index is 0.0169. The van der Waals surface area contributed by atoms with Crippen LogP contribution in [0.1, 0.15) is 70.0 Å². The summed E-state index contributed by atoms with van der Waals surface area (Å²) in [5, 5.41) is 7.00. The third-order valence-corrected chi connectivity index (χ3v) is 7.00. The fourth-order valence-electron chi connectivity index (χ4n) is 5.38. The lowest BCUT2D eigenvalue weighted by Gasteiger charge is -2.42. The van der Waals surface area contributed by atoms with E-state index in [1.54, 1.807) is 11.0 Å². The average Bonchev–Trinajstić information content (AvgIpc) is 3.56. The molecule has 174 valence electrons. The van der Waals surface area contributed by atoms with Crippen molar-refractivity contribution in [1.82, 2.24) is 25.0 Å². The molecule has 0 saturated heterocycles. The lowest BCUT2D eigenvalue weighted by atomic mass is 9.88. The molecular weight excluding hydrogens is 444 g/mol. The Morgan fingerprint density at radius 3 is 2.35 bits per heavy atom. The van der Waals surface area contributed by atoms with Crippen molar-refractivity contribution in [2.75, 3.05) is 0 Å². The summed E-state index contributed by atoms with van der Waals surface area (Å²) in [7, 11) is 0. The van der Waals surface area contributed by atoms with E-state index in [2.05, 4.69) is 15.2 Å². The van der Waals surface area contributed by atoms with Gasteiger partial charge >= 0.3 is 6.43 Å². The number of aromatic nitrogens is 3. The largest absolute Gasteiger partial charge is 0.415 e. The monoisotopic (exact) mass is 465 g/mol.